The van der Waals surface area contributed by atoms with Crippen molar-refractivity contribution in [3.8, 4) is 5.75 Å². The quantitative estimate of drug-likeness (QED) is 0.759. The standard InChI is InChI=1S/C12H18ClNO2/c1-8-6-11(15-4)9(7-10(8)13)12(16-5)14(2)3/h6-7,12H,1-5H3. The van der Waals surface area contributed by atoms with Crippen molar-refractivity contribution in [1.29, 1.82) is 0 Å². The van der Waals surface area contributed by atoms with Crippen molar-refractivity contribution in [2.45, 2.75) is 13.2 Å². The van der Waals surface area contributed by atoms with Gasteiger partial charge in [-0.15, -0.1) is 0 Å². The van der Waals surface area contributed by atoms with Crippen LogP contribution in [-0.4, -0.2) is 33.2 Å². The van der Waals surface area contributed by atoms with Crippen LogP contribution in [-0.2, 0) is 4.74 Å². The van der Waals surface area contributed by atoms with Gasteiger partial charge in [0.2, 0.25) is 0 Å². The van der Waals surface area contributed by atoms with E-state index in [1.165, 1.54) is 0 Å². The number of ether oxygens (including phenoxy) is 2. The molecule has 0 fully saturated rings. The van der Waals surface area contributed by atoms with E-state index in [0.717, 1.165) is 21.9 Å². The zero-order valence-electron chi connectivity index (χ0n) is 10.4. The predicted octanol–water partition coefficient (Wildman–Crippen LogP) is 2.86. The van der Waals surface area contributed by atoms with Gasteiger partial charge in [0, 0.05) is 17.7 Å². The Hall–Kier alpha value is -0.770. The maximum atomic E-state index is 6.12. The number of rotatable bonds is 4. The van der Waals surface area contributed by atoms with Crippen molar-refractivity contribution in [3.63, 3.8) is 0 Å². The maximum absolute atomic E-state index is 6.12. The average Bonchev–Trinajstić information content (AvgIpc) is 2.23. The van der Waals surface area contributed by atoms with Crippen LogP contribution in [0.25, 0.3) is 0 Å². The van der Waals surface area contributed by atoms with E-state index in [0.29, 0.717) is 0 Å². The van der Waals surface area contributed by atoms with Crippen LogP contribution in [0.15, 0.2) is 12.1 Å². The van der Waals surface area contributed by atoms with Crippen LogP contribution in [0.1, 0.15) is 17.4 Å². The first-order chi connectivity index (χ1) is 7.51. The summed E-state index contributed by atoms with van der Waals surface area (Å²) in [4.78, 5) is 1.96. The van der Waals surface area contributed by atoms with Crippen LogP contribution in [0, 0.1) is 6.92 Å². The number of benzene rings is 1. The van der Waals surface area contributed by atoms with Crippen LogP contribution in [0.5, 0.6) is 5.75 Å². The van der Waals surface area contributed by atoms with Gasteiger partial charge in [-0.3, -0.25) is 4.90 Å². The molecular formula is C12H18ClNO2. The molecule has 0 aliphatic carbocycles. The van der Waals surface area contributed by atoms with E-state index < -0.39 is 0 Å². The zero-order valence-corrected chi connectivity index (χ0v) is 11.1. The third kappa shape index (κ3) is 2.67. The second kappa shape index (κ2) is 5.53. The fourth-order valence-corrected chi connectivity index (χ4v) is 1.83. The summed E-state index contributed by atoms with van der Waals surface area (Å²) in [5, 5.41) is 0.722. The summed E-state index contributed by atoms with van der Waals surface area (Å²) >= 11 is 6.12. The summed E-state index contributed by atoms with van der Waals surface area (Å²) in [7, 11) is 7.20. The van der Waals surface area contributed by atoms with Crippen LogP contribution in [0.3, 0.4) is 0 Å². The summed E-state index contributed by atoms with van der Waals surface area (Å²) in [5.41, 5.74) is 1.93. The molecule has 0 aliphatic heterocycles. The molecule has 0 N–H and O–H groups in total. The molecule has 4 heteroatoms. The summed E-state index contributed by atoms with van der Waals surface area (Å²) in [5.74, 6) is 0.794. The molecule has 0 bridgehead atoms. The number of hydrogen-bond acceptors (Lipinski definition) is 3. The lowest BCUT2D eigenvalue weighted by Gasteiger charge is -2.25. The first kappa shape index (κ1) is 13.3. The maximum Gasteiger partial charge on any atom is 0.139 e. The number of halogens is 1. The van der Waals surface area contributed by atoms with Gasteiger partial charge in [-0.1, -0.05) is 11.6 Å². The van der Waals surface area contributed by atoms with Gasteiger partial charge in [0.1, 0.15) is 12.0 Å². The van der Waals surface area contributed by atoms with Crippen molar-refractivity contribution in [2.24, 2.45) is 0 Å². The van der Waals surface area contributed by atoms with Crippen molar-refractivity contribution in [3.05, 3.63) is 28.3 Å². The summed E-state index contributed by atoms with van der Waals surface area (Å²) in [6, 6.07) is 3.82. The van der Waals surface area contributed by atoms with Crippen LogP contribution >= 0.6 is 11.6 Å². The first-order valence-electron chi connectivity index (χ1n) is 5.04. The molecule has 16 heavy (non-hydrogen) atoms. The highest BCUT2D eigenvalue weighted by Crippen LogP contribution is 2.33. The van der Waals surface area contributed by atoms with Crippen molar-refractivity contribution < 1.29 is 9.47 Å². The molecule has 1 aromatic rings. The lowest BCUT2D eigenvalue weighted by Crippen LogP contribution is -2.22. The molecule has 1 unspecified atom stereocenters. The van der Waals surface area contributed by atoms with Crippen molar-refractivity contribution >= 4 is 11.6 Å². The lowest BCUT2D eigenvalue weighted by molar-refractivity contribution is -0.00694. The van der Waals surface area contributed by atoms with E-state index in [2.05, 4.69) is 0 Å². The smallest absolute Gasteiger partial charge is 0.139 e. The van der Waals surface area contributed by atoms with E-state index in [-0.39, 0.29) is 6.23 Å². The first-order valence-corrected chi connectivity index (χ1v) is 5.42. The van der Waals surface area contributed by atoms with Crippen molar-refractivity contribution in [2.75, 3.05) is 28.3 Å². The van der Waals surface area contributed by atoms with Gasteiger partial charge in [-0.05, 0) is 38.7 Å². The second-order valence-corrected chi connectivity index (χ2v) is 4.30. The molecule has 90 valence electrons. The molecule has 3 nitrogen and oxygen atoms in total. The second-order valence-electron chi connectivity index (χ2n) is 3.90. The summed E-state index contributed by atoms with van der Waals surface area (Å²) in [6.07, 6.45) is -0.159. The van der Waals surface area contributed by atoms with Gasteiger partial charge < -0.3 is 9.47 Å². The average molecular weight is 244 g/mol. The fourth-order valence-electron chi connectivity index (χ4n) is 1.66. The Morgan fingerprint density at radius 2 is 1.88 bits per heavy atom. The molecule has 0 saturated carbocycles. The molecule has 1 rings (SSSR count). The Kier molecular flexibility index (Phi) is 4.59. The van der Waals surface area contributed by atoms with Gasteiger partial charge in [-0.25, -0.2) is 0 Å². The molecule has 0 aromatic heterocycles. The molecule has 1 atom stereocenters. The summed E-state index contributed by atoms with van der Waals surface area (Å²) < 4.78 is 10.8. The van der Waals surface area contributed by atoms with Crippen LogP contribution in [0.2, 0.25) is 5.02 Å². The molecule has 0 saturated heterocycles. The largest absolute Gasteiger partial charge is 0.496 e. The van der Waals surface area contributed by atoms with E-state index in [1.807, 2.05) is 38.1 Å². The minimum atomic E-state index is -0.159. The minimum absolute atomic E-state index is 0.159. The Balaban J connectivity index is 3.24. The van der Waals surface area contributed by atoms with Gasteiger partial charge in [0.15, 0.2) is 0 Å². The normalized spacial score (nSPS) is 12.9. The van der Waals surface area contributed by atoms with Gasteiger partial charge in [0.25, 0.3) is 0 Å². The number of aryl methyl sites for hydroxylation is 1. The van der Waals surface area contributed by atoms with E-state index in [1.54, 1.807) is 14.2 Å². The van der Waals surface area contributed by atoms with Crippen LogP contribution in [0.4, 0.5) is 0 Å². The highest BCUT2D eigenvalue weighted by Gasteiger charge is 2.19. The number of methoxy groups -OCH3 is 2. The molecule has 0 aliphatic rings. The highest BCUT2D eigenvalue weighted by molar-refractivity contribution is 6.31. The Morgan fingerprint density at radius 1 is 1.25 bits per heavy atom. The lowest BCUT2D eigenvalue weighted by atomic mass is 10.1. The molecule has 0 spiro atoms. The van der Waals surface area contributed by atoms with Gasteiger partial charge >= 0.3 is 0 Å². The molecule has 0 radical (unpaired) electrons. The molecule has 0 heterocycles. The Bertz CT molecular complexity index is 366. The molecule has 0 amide bonds. The van der Waals surface area contributed by atoms with Gasteiger partial charge in [-0.2, -0.15) is 0 Å². The van der Waals surface area contributed by atoms with Crippen molar-refractivity contribution in [1.82, 2.24) is 4.90 Å². The third-order valence-corrected chi connectivity index (χ3v) is 2.88. The van der Waals surface area contributed by atoms with Crippen LogP contribution < -0.4 is 4.74 Å². The fraction of sp³-hybridized carbons (Fsp3) is 0.500. The third-order valence-electron chi connectivity index (χ3n) is 2.47. The topological polar surface area (TPSA) is 21.7 Å². The zero-order chi connectivity index (χ0) is 12.3. The SMILES string of the molecule is COc1cc(C)c(Cl)cc1C(OC)N(C)C. The molecular weight excluding hydrogens is 226 g/mol. The minimum Gasteiger partial charge on any atom is -0.496 e. The predicted molar refractivity (Wildman–Crippen MR) is 66.2 cm³/mol. The summed E-state index contributed by atoms with van der Waals surface area (Å²) in [6.45, 7) is 1.95. The van der Waals surface area contributed by atoms with Gasteiger partial charge in [0.05, 0.1) is 7.11 Å². The molecule has 1 aromatic carbocycles. The number of nitrogens with zero attached hydrogens (tertiary/aromatic N) is 1. The highest BCUT2D eigenvalue weighted by atomic mass is 35.5. The van der Waals surface area contributed by atoms with E-state index >= 15 is 0 Å². The van der Waals surface area contributed by atoms with E-state index in [9.17, 15) is 0 Å². The van der Waals surface area contributed by atoms with E-state index in [4.69, 9.17) is 21.1 Å². The Labute approximate surface area is 102 Å². The Morgan fingerprint density at radius 3 is 2.31 bits per heavy atom. The monoisotopic (exact) mass is 243 g/mol. The number of hydrogen-bond donors (Lipinski definition) is 0.